The smallest absolute Gasteiger partial charge is 0.255 e. The number of nitrogens with zero attached hydrogens (tertiary/aromatic N) is 1. The molecule has 2 aromatic rings. The van der Waals surface area contributed by atoms with E-state index < -0.39 is 0 Å². The summed E-state index contributed by atoms with van der Waals surface area (Å²) in [6, 6.07) is 15.1. The molecule has 27 heavy (non-hydrogen) atoms. The summed E-state index contributed by atoms with van der Waals surface area (Å²) in [4.78, 5) is 26.5. The van der Waals surface area contributed by atoms with E-state index in [1.54, 1.807) is 0 Å². The first-order valence-corrected chi connectivity index (χ1v) is 9.47. The minimum absolute atomic E-state index is 0.00456. The summed E-state index contributed by atoms with van der Waals surface area (Å²) in [6.07, 6.45) is 0.333. The molecule has 0 spiro atoms. The molecule has 2 N–H and O–H groups in total. The third-order valence-electron chi connectivity index (χ3n) is 4.28. The maximum absolute atomic E-state index is 12.4. The summed E-state index contributed by atoms with van der Waals surface area (Å²) < 4.78 is 0. The molecule has 0 bridgehead atoms. The topological polar surface area (TPSA) is 61.4 Å². The molecule has 0 atom stereocenters. The van der Waals surface area contributed by atoms with E-state index in [0.29, 0.717) is 17.7 Å². The fourth-order valence-corrected chi connectivity index (χ4v) is 2.88. The lowest BCUT2D eigenvalue weighted by atomic mass is 10.1. The van der Waals surface area contributed by atoms with E-state index in [4.69, 9.17) is 0 Å². The van der Waals surface area contributed by atoms with Crippen LogP contribution in [0.2, 0.25) is 0 Å². The maximum Gasteiger partial charge on any atom is 0.255 e. The van der Waals surface area contributed by atoms with Crippen molar-refractivity contribution in [2.75, 3.05) is 23.3 Å². The van der Waals surface area contributed by atoms with Crippen LogP contribution in [0.15, 0.2) is 48.5 Å². The van der Waals surface area contributed by atoms with Crippen LogP contribution in [0.25, 0.3) is 0 Å². The van der Waals surface area contributed by atoms with Crippen LogP contribution in [0.5, 0.6) is 0 Å². The minimum Gasteiger partial charge on any atom is -0.372 e. The number of anilines is 2. The van der Waals surface area contributed by atoms with Crippen LogP contribution in [-0.4, -0.2) is 30.9 Å². The van der Waals surface area contributed by atoms with Crippen LogP contribution < -0.4 is 15.5 Å². The first-order chi connectivity index (χ1) is 12.9. The van der Waals surface area contributed by atoms with Gasteiger partial charge in [-0.3, -0.25) is 9.59 Å². The van der Waals surface area contributed by atoms with Gasteiger partial charge in [0.15, 0.2) is 0 Å². The van der Waals surface area contributed by atoms with E-state index in [1.165, 1.54) is 0 Å². The number of nitrogens with one attached hydrogen (secondary N) is 2. The molecule has 0 aliphatic heterocycles. The molecule has 2 rings (SSSR count). The van der Waals surface area contributed by atoms with Crippen molar-refractivity contribution in [3.8, 4) is 0 Å². The fraction of sp³-hybridized carbons (Fsp3) is 0.364. The van der Waals surface area contributed by atoms with Crippen molar-refractivity contribution in [3.63, 3.8) is 0 Å². The Morgan fingerprint density at radius 1 is 0.926 bits per heavy atom. The Bertz CT molecular complexity index is 748. The second-order valence-corrected chi connectivity index (χ2v) is 6.77. The molecule has 2 amide bonds. The lowest BCUT2D eigenvalue weighted by molar-refractivity contribution is -0.120. The summed E-state index contributed by atoms with van der Waals surface area (Å²) in [5.74, 6) is -0.151. The molecule has 0 saturated heterocycles. The quantitative estimate of drug-likeness (QED) is 0.745. The molecule has 0 saturated carbocycles. The van der Waals surface area contributed by atoms with E-state index in [-0.39, 0.29) is 17.9 Å². The summed E-state index contributed by atoms with van der Waals surface area (Å²) in [7, 11) is 0. The van der Waals surface area contributed by atoms with Crippen LogP contribution in [-0.2, 0) is 11.2 Å². The van der Waals surface area contributed by atoms with E-state index in [0.717, 1.165) is 24.3 Å². The van der Waals surface area contributed by atoms with Gasteiger partial charge in [0.1, 0.15) is 0 Å². The fourth-order valence-electron chi connectivity index (χ4n) is 2.88. The van der Waals surface area contributed by atoms with Gasteiger partial charge in [-0.05, 0) is 69.7 Å². The summed E-state index contributed by atoms with van der Waals surface area (Å²) >= 11 is 0. The molecule has 0 heterocycles. The zero-order valence-electron chi connectivity index (χ0n) is 16.6. The Labute approximate surface area is 161 Å². The predicted molar refractivity (Wildman–Crippen MR) is 111 cm³/mol. The third kappa shape index (κ3) is 6.13. The highest BCUT2D eigenvalue weighted by atomic mass is 16.2. The minimum atomic E-state index is -0.147. The van der Waals surface area contributed by atoms with Gasteiger partial charge in [-0.15, -0.1) is 0 Å². The third-order valence-corrected chi connectivity index (χ3v) is 4.28. The van der Waals surface area contributed by atoms with Gasteiger partial charge in [-0.25, -0.2) is 0 Å². The number of benzene rings is 2. The molecule has 5 nitrogen and oxygen atoms in total. The molecule has 0 fully saturated rings. The van der Waals surface area contributed by atoms with Crippen LogP contribution in [0, 0.1) is 0 Å². The van der Waals surface area contributed by atoms with Gasteiger partial charge >= 0.3 is 0 Å². The van der Waals surface area contributed by atoms with Gasteiger partial charge in [0.05, 0.1) is 6.42 Å². The Balaban J connectivity index is 1.96. The number of carbonyl (C=O) groups excluding carboxylic acids is 2. The summed E-state index contributed by atoms with van der Waals surface area (Å²) in [5.41, 5.74) is 3.35. The van der Waals surface area contributed by atoms with Gasteiger partial charge in [-0.2, -0.15) is 0 Å². The van der Waals surface area contributed by atoms with Crippen molar-refractivity contribution in [1.82, 2.24) is 5.32 Å². The van der Waals surface area contributed by atoms with Crippen LogP contribution in [0.4, 0.5) is 11.4 Å². The zero-order chi connectivity index (χ0) is 19.8. The van der Waals surface area contributed by atoms with Crippen molar-refractivity contribution < 1.29 is 9.59 Å². The molecule has 0 aliphatic rings. The molecular weight excluding hydrogens is 338 g/mol. The Morgan fingerprint density at radius 2 is 1.52 bits per heavy atom. The SMILES string of the molecule is CCN(CC)c1ccc(C(=O)Nc2ccc(CC(=O)NC(C)C)cc2)cc1. The molecule has 2 aromatic carbocycles. The number of hydrogen-bond donors (Lipinski definition) is 2. The summed E-state index contributed by atoms with van der Waals surface area (Å²) in [5, 5.41) is 5.76. The van der Waals surface area contributed by atoms with Gasteiger partial charge < -0.3 is 15.5 Å². The number of carbonyl (C=O) groups is 2. The highest BCUT2D eigenvalue weighted by Gasteiger charge is 2.09. The maximum atomic E-state index is 12.4. The molecule has 0 radical (unpaired) electrons. The molecule has 0 unspecified atom stereocenters. The van der Waals surface area contributed by atoms with Gasteiger partial charge in [0.2, 0.25) is 5.91 Å². The van der Waals surface area contributed by atoms with E-state index in [1.807, 2.05) is 62.4 Å². The van der Waals surface area contributed by atoms with Crippen molar-refractivity contribution in [1.29, 1.82) is 0 Å². The predicted octanol–water partition coefficient (Wildman–Crippen LogP) is 3.85. The average molecular weight is 367 g/mol. The monoisotopic (exact) mass is 367 g/mol. The van der Waals surface area contributed by atoms with Crippen LogP contribution in [0.1, 0.15) is 43.6 Å². The summed E-state index contributed by atoms with van der Waals surface area (Å²) in [6.45, 7) is 9.96. The van der Waals surface area contributed by atoms with Crippen LogP contribution in [0.3, 0.4) is 0 Å². The Morgan fingerprint density at radius 3 is 2.04 bits per heavy atom. The van der Waals surface area contributed by atoms with Crippen molar-refractivity contribution in [3.05, 3.63) is 59.7 Å². The van der Waals surface area contributed by atoms with Crippen molar-refractivity contribution in [2.45, 2.75) is 40.2 Å². The number of hydrogen-bond acceptors (Lipinski definition) is 3. The number of amides is 2. The molecule has 5 heteroatoms. The van der Waals surface area contributed by atoms with E-state index in [2.05, 4.69) is 29.4 Å². The van der Waals surface area contributed by atoms with Gasteiger partial charge in [0, 0.05) is 36.1 Å². The second-order valence-electron chi connectivity index (χ2n) is 6.77. The van der Waals surface area contributed by atoms with Gasteiger partial charge in [-0.1, -0.05) is 12.1 Å². The highest BCUT2D eigenvalue weighted by molar-refractivity contribution is 6.04. The number of rotatable bonds is 8. The standard InChI is InChI=1S/C22H29N3O2/c1-5-25(6-2)20-13-9-18(10-14-20)22(27)24-19-11-7-17(8-12-19)15-21(26)23-16(3)4/h7-14,16H,5-6,15H2,1-4H3,(H,23,26)(H,24,27). The molecule has 0 aromatic heterocycles. The molecular formula is C22H29N3O2. The first-order valence-electron chi connectivity index (χ1n) is 9.47. The van der Waals surface area contributed by atoms with Gasteiger partial charge in [0.25, 0.3) is 5.91 Å². The lowest BCUT2D eigenvalue weighted by Gasteiger charge is -2.21. The first kappa shape index (κ1) is 20.5. The van der Waals surface area contributed by atoms with Crippen LogP contribution >= 0.6 is 0 Å². The normalized spacial score (nSPS) is 10.6. The highest BCUT2D eigenvalue weighted by Crippen LogP contribution is 2.17. The zero-order valence-corrected chi connectivity index (χ0v) is 16.6. The Hall–Kier alpha value is -2.82. The average Bonchev–Trinajstić information content (AvgIpc) is 2.64. The van der Waals surface area contributed by atoms with Crippen molar-refractivity contribution in [2.24, 2.45) is 0 Å². The largest absolute Gasteiger partial charge is 0.372 e. The molecule has 144 valence electrons. The lowest BCUT2D eigenvalue weighted by Crippen LogP contribution is -2.31. The van der Waals surface area contributed by atoms with Crippen molar-refractivity contribution >= 4 is 23.2 Å². The molecule has 0 aliphatic carbocycles. The Kier molecular flexibility index (Phi) is 7.41. The van der Waals surface area contributed by atoms with E-state index >= 15 is 0 Å². The van der Waals surface area contributed by atoms with E-state index in [9.17, 15) is 9.59 Å². The second kappa shape index (κ2) is 9.76.